The van der Waals surface area contributed by atoms with Gasteiger partial charge in [0.25, 0.3) is 0 Å². The van der Waals surface area contributed by atoms with Crippen molar-refractivity contribution in [2.24, 2.45) is 0 Å². The molecule has 0 spiro atoms. The number of nitrogens with zero attached hydrogens (tertiary/aromatic N) is 3. The lowest BCUT2D eigenvalue weighted by Gasteiger charge is -2.10. The Hall–Kier alpha value is -2.57. The summed E-state index contributed by atoms with van der Waals surface area (Å²) in [6.07, 6.45) is -4.54. The van der Waals surface area contributed by atoms with Gasteiger partial charge in [-0.1, -0.05) is 30.3 Å². The molecule has 2 aromatic heterocycles. The smallest absolute Gasteiger partial charge is 0.382 e. The molecule has 0 aliphatic heterocycles. The van der Waals surface area contributed by atoms with Gasteiger partial charge in [-0.3, -0.25) is 0 Å². The molecule has 0 bridgehead atoms. The van der Waals surface area contributed by atoms with Crippen LogP contribution in [0.4, 0.5) is 19.0 Å². The van der Waals surface area contributed by atoms with E-state index in [-0.39, 0.29) is 17.2 Å². The van der Waals surface area contributed by atoms with E-state index in [4.69, 9.17) is 5.73 Å². The summed E-state index contributed by atoms with van der Waals surface area (Å²) < 4.78 is 40.0. The minimum atomic E-state index is -4.54. The van der Waals surface area contributed by atoms with Gasteiger partial charge in [-0.15, -0.1) is 5.10 Å². The van der Waals surface area contributed by atoms with Crippen molar-refractivity contribution in [1.82, 2.24) is 14.6 Å². The molecule has 0 unspecified atom stereocenters. The van der Waals surface area contributed by atoms with Crippen molar-refractivity contribution in [2.75, 3.05) is 5.73 Å². The largest absolute Gasteiger partial charge is 0.433 e. The first-order valence-corrected chi connectivity index (χ1v) is 5.74. The minimum absolute atomic E-state index is 0.00629. The van der Waals surface area contributed by atoms with E-state index in [0.29, 0.717) is 10.1 Å². The van der Waals surface area contributed by atoms with Crippen molar-refractivity contribution < 1.29 is 13.2 Å². The van der Waals surface area contributed by atoms with E-state index in [9.17, 15) is 13.2 Å². The van der Waals surface area contributed by atoms with E-state index in [1.54, 1.807) is 30.3 Å². The van der Waals surface area contributed by atoms with Gasteiger partial charge in [-0.05, 0) is 6.07 Å². The van der Waals surface area contributed by atoms with Crippen LogP contribution in [0, 0.1) is 0 Å². The van der Waals surface area contributed by atoms with Crippen molar-refractivity contribution in [2.45, 2.75) is 6.18 Å². The van der Waals surface area contributed by atoms with E-state index in [0.717, 1.165) is 6.07 Å². The van der Waals surface area contributed by atoms with Gasteiger partial charge < -0.3 is 5.73 Å². The highest BCUT2D eigenvalue weighted by atomic mass is 19.4. The molecule has 2 N–H and O–H groups in total. The molecule has 0 aliphatic carbocycles. The second kappa shape index (κ2) is 4.22. The third-order valence-corrected chi connectivity index (χ3v) is 2.81. The Morgan fingerprint density at radius 2 is 1.75 bits per heavy atom. The quantitative estimate of drug-likeness (QED) is 0.744. The molecule has 3 rings (SSSR count). The Morgan fingerprint density at radius 1 is 1.05 bits per heavy atom. The third-order valence-electron chi connectivity index (χ3n) is 2.81. The van der Waals surface area contributed by atoms with Gasteiger partial charge in [0.05, 0.1) is 5.69 Å². The number of halogens is 3. The molecule has 4 nitrogen and oxygen atoms in total. The maximum absolute atomic E-state index is 13.1. The molecule has 0 amide bonds. The topological polar surface area (TPSA) is 56.2 Å². The first-order valence-electron chi connectivity index (χ1n) is 5.74. The molecule has 7 heteroatoms. The molecular weight excluding hydrogens is 269 g/mol. The van der Waals surface area contributed by atoms with Crippen LogP contribution in [-0.2, 0) is 6.18 Å². The summed E-state index contributed by atoms with van der Waals surface area (Å²) >= 11 is 0. The van der Waals surface area contributed by atoms with Gasteiger partial charge in [0.2, 0.25) is 0 Å². The predicted molar refractivity (Wildman–Crippen MR) is 67.8 cm³/mol. The molecule has 20 heavy (non-hydrogen) atoms. The van der Waals surface area contributed by atoms with Crippen molar-refractivity contribution in [3.8, 4) is 11.3 Å². The van der Waals surface area contributed by atoms with E-state index in [1.807, 2.05) is 0 Å². The highest BCUT2D eigenvalue weighted by Crippen LogP contribution is 2.32. The summed E-state index contributed by atoms with van der Waals surface area (Å²) in [7, 11) is 0. The lowest BCUT2D eigenvalue weighted by atomic mass is 10.1. The molecule has 1 aromatic carbocycles. The zero-order valence-electron chi connectivity index (χ0n) is 10.1. The summed E-state index contributed by atoms with van der Waals surface area (Å²) in [5, 5.41) is 3.63. The van der Waals surface area contributed by atoms with E-state index >= 15 is 0 Å². The number of fused-ring (bicyclic) bond motifs is 1. The highest BCUT2D eigenvalue weighted by molar-refractivity contribution is 5.63. The van der Waals surface area contributed by atoms with Crippen molar-refractivity contribution in [3.63, 3.8) is 0 Å². The van der Waals surface area contributed by atoms with Crippen molar-refractivity contribution in [1.29, 1.82) is 0 Å². The highest BCUT2D eigenvalue weighted by Gasteiger charge is 2.35. The third kappa shape index (κ3) is 2.07. The fourth-order valence-corrected chi connectivity index (χ4v) is 1.95. The second-order valence-electron chi connectivity index (χ2n) is 4.23. The zero-order chi connectivity index (χ0) is 14.3. The second-order valence-corrected chi connectivity index (χ2v) is 4.23. The molecule has 0 saturated carbocycles. The van der Waals surface area contributed by atoms with E-state index in [2.05, 4.69) is 10.1 Å². The number of hydrogen-bond acceptors (Lipinski definition) is 3. The number of alkyl halides is 3. The average Bonchev–Trinajstić information content (AvgIpc) is 2.77. The number of nitrogens with two attached hydrogens (primary N) is 1. The molecule has 0 atom stereocenters. The van der Waals surface area contributed by atoms with Gasteiger partial charge in [-0.25, -0.2) is 9.50 Å². The maximum Gasteiger partial charge on any atom is 0.433 e. The van der Waals surface area contributed by atoms with Crippen molar-refractivity contribution in [3.05, 3.63) is 48.2 Å². The van der Waals surface area contributed by atoms with Crippen LogP contribution in [0.25, 0.3) is 16.9 Å². The summed E-state index contributed by atoms with van der Waals surface area (Å²) in [5.41, 5.74) is 5.44. The number of aromatic nitrogens is 3. The van der Waals surface area contributed by atoms with Crippen LogP contribution in [0.5, 0.6) is 0 Å². The fourth-order valence-electron chi connectivity index (χ4n) is 1.95. The zero-order valence-corrected chi connectivity index (χ0v) is 10.1. The summed E-state index contributed by atoms with van der Waals surface area (Å²) in [6, 6.07) is 10.9. The molecule has 0 fully saturated rings. The summed E-state index contributed by atoms with van der Waals surface area (Å²) in [6.45, 7) is 0. The standard InChI is InChI=1S/C13H9F3N4/c14-13(15,16)10-6-9(8-4-2-1-3-5-8)18-12-7-11(17)19-20(10)12/h1-7H,(H2,17,19). The van der Waals surface area contributed by atoms with Gasteiger partial charge in [0, 0.05) is 11.6 Å². The molecular formula is C13H9F3N4. The number of nitrogen functional groups attached to an aromatic ring is 1. The Balaban J connectivity index is 2.31. The average molecular weight is 278 g/mol. The molecule has 102 valence electrons. The Bertz CT molecular complexity index is 762. The van der Waals surface area contributed by atoms with Crippen LogP contribution in [-0.4, -0.2) is 14.6 Å². The number of anilines is 1. The SMILES string of the molecule is Nc1cc2nc(-c3ccccc3)cc(C(F)(F)F)n2n1. The van der Waals surface area contributed by atoms with Gasteiger partial charge >= 0.3 is 6.18 Å². The Labute approximate surface area is 111 Å². The van der Waals surface area contributed by atoms with Gasteiger partial charge in [-0.2, -0.15) is 13.2 Å². The summed E-state index contributed by atoms with van der Waals surface area (Å²) in [5.74, 6) is -0.00629. The molecule has 3 aromatic rings. The van der Waals surface area contributed by atoms with Crippen LogP contribution in [0.3, 0.4) is 0 Å². The number of benzene rings is 1. The maximum atomic E-state index is 13.1. The van der Waals surface area contributed by atoms with Crippen LogP contribution in [0.1, 0.15) is 5.69 Å². The van der Waals surface area contributed by atoms with E-state index in [1.165, 1.54) is 6.07 Å². The van der Waals surface area contributed by atoms with Gasteiger partial charge in [0.15, 0.2) is 11.3 Å². The predicted octanol–water partition coefficient (Wildman–Crippen LogP) is 3.00. The normalized spacial score (nSPS) is 11.9. The van der Waals surface area contributed by atoms with Crippen LogP contribution < -0.4 is 5.73 Å². The van der Waals surface area contributed by atoms with Crippen LogP contribution >= 0.6 is 0 Å². The lowest BCUT2D eigenvalue weighted by molar-refractivity contribution is -0.142. The molecule has 2 heterocycles. The van der Waals surface area contributed by atoms with Crippen molar-refractivity contribution >= 4 is 11.5 Å². The number of hydrogen-bond donors (Lipinski definition) is 1. The Morgan fingerprint density at radius 3 is 2.40 bits per heavy atom. The molecule has 0 saturated heterocycles. The first-order chi connectivity index (χ1) is 9.45. The van der Waals surface area contributed by atoms with Crippen LogP contribution in [0.2, 0.25) is 0 Å². The lowest BCUT2D eigenvalue weighted by Crippen LogP contribution is -2.13. The Kier molecular flexibility index (Phi) is 2.63. The van der Waals surface area contributed by atoms with E-state index < -0.39 is 11.9 Å². The molecule has 0 aliphatic rings. The van der Waals surface area contributed by atoms with Crippen LogP contribution in [0.15, 0.2) is 42.5 Å². The first kappa shape index (κ1) is 12.5. The number of rotatable bonds is 1. The molecule has 0 radical (unpaired) electrons. The fraction of sp³-hybridized carbons (Fsp3) is 0.0769. The minimum Gasteiger partial charge on any atom is -0.382 e. The monoisotopic (exact) mass is 278 g/mol. The van der Waals surface area contributed by atoms with Gasteiger partial charge in [0.1, 0.15) is 5.82 Å². The summed E-state index contributed by atoms with van der Waals surface area (Å²) in [4.78, 5) is 4.16.